The predicted octanol–water partition coefficient (Wildman–Crippen LogP) is 2.18. The largest absolute Gasteiger partial charge is 0.0888 e. The van der Waals surface area contributed by atoms with Crippen LogP contribution in [0.2, 0.25) is 0 Å². The van der Waals surface area contributed by atoms with Gasteiger partial charge in [0.05, 0.1) is 0 Å². The number of rotatable bonds is 0. The number of hydrogen-bond donors (Lipinski definition) is 0. The van der Waals surface area contributed by atoms with E-state index in [1.807, 2.05) is 0 Å². The van der Waals surface area contributed by atoms with Crippen LogP contribution in [0.25, 0.3) is 0 Å². The molecule has 0 nitrogen and oxygen atoms in total. The molecular weight excluding hydrogens is 140 g/mol. The highest BCUT2D eigenvalue weighted by Crippen LogP contribution is 2.32. The van der Waals surface area contributed by atoms with E-state index < -0.39 is 0 Å². The van der Waals surface area contributed by atoms with E-state index in [0.29, 0.717) is 0 Å². The van der Waals surface area contributed by atoms with E-state index >= 15 is 0 Å². The van der Waals surface area contributed by atoms with Gasteiger partial charge in [0.1, 0.15) is 0 Å². The van der Waals surface area contributed by atoms with Crippen molar-refractivity contribution in [3.05, 3.63) is 0 Å². The molecule has 0 aromatic carbocycles. The van der Waals surface area contributed by atoms with Gasteiger partial charge in [-0.2, -0.15) is 0 Å². The molecule has 1 aliphatic carbocycles. The molecule has 1 heteroatoms. The summed E-state index contributed by atoms with van der Waals surface area (Å²) in [5.41, 5.74) is 0. The molecular formula is C5H9Br. The SMILES string of the molecule is CC1CC[C@@H]1Br. The Morgan fingerprint density at radius 2 is 2.00 bits per heavy atom. The van der Waals surface area contributed by atoms with Crippen molar-refractivity contribution < 1.29 is 0 Å². The smallest absolute Gasteiger partial charge is 0.0171 e. The number of halogens is 1. The van der Waals surface area contributed by atoms with Gasteiger partial charge in [-0.05, 0) is 18.8 Å². The van der Waals surface area contributed by atoms with Crippen LogP contribution in [0.15, 0.2) is 0 Å². The summed E-state index contributed by atoms with van der Waals surface area (Å²) in [5, 5.41) is 0. The maximum absolute atomic E-state index is 3.53. The first-order valence-electron chi connectivity index (χ1n) is 2.45. The molecule has 0 bridgehead atoms. The summed E-state index contributed by atoms with van der Waals surface area (Å²) < 4.78 is 0. The standard InChI is InChI=1S/C5H9Br/c1-4-2-3-5(4)6/h4-5H,2-3H2,1H3/t4?,5-/m0/s1. The molecule has 36 valence electrons. The third kappa shape index (κ3) is 0.604. The monoisotopic (exact) mass is 148 g/mol. The van der Waals surface area contributed by atoms with Gasteiger partial charge in [0.15, 0.2) is 0 Å². The van der Waals surface area contributed by atoms with Gasteiger partial charge >= 0.3 is 0 Å². The van der Waals surface area contributed by atoms with E-state index in [9.17, 15) is 0 Å². The summed E-state index contributed by atoms with van der Waals surface area (Å²) in [7, 11) is 0. The van der Waals surface area contributed by atoms with E-state index in [4.69, 9.17) is 0 Å². The summed E-state index contributed by atoms with van der Waals surface area (Å²) in [6.07, 6.45) is 2.82. The van der Waals surface area contributed by atoms with Crippen molar-refractivity contribution in [2.45, 2.75) is 24.6 Å². The first-order valence-corrected chi connectivity index (χ1v) is 3.36. The number of alkyl halides is 1. The molecule has 0 aromatic heterocycles. The second-order valence-corrected chi connectivity index (χ2v) is 3.25. The lowest BCUT2D eigenvalue weighted by atomic mass is 9.87. The van der Waals surface area contributed by atoms with E-state index in [2.05, 4.69) is 22.9 Å². The molecule has 1 unspecified atom stereocenters. The van der Waals surface area contributed by atoms with Gasteiger partial charge in [0, 0.05) is 4.83 Å². The molecule has 0 amide bonds. The van der Waals surface area contributed by atoms with E-state index in [0.717, 1.165) is 10.7 Å². The predicted molar refractivity (Wildman–Crippen MR) is 31.1 cm³/mol. The van der Waals surface area contributed by atoms with Crippen molar-refractivity contribution in [3.8, 4) is 0 Å². The minimum absolute atomic E-state index is 0.845. The molecule has 0 saturated heterocycles. The summed E-state index contributed by atoms with van der Waals surface area (Å²) in [4.78, 5) is 0.845. The summed E-state index contributed by atoms with van der Waals surface area (Å²) in [6, 6.07) is 0. The molecule has 1 rings (SSSR count). The van der Waals surface area contributed by atoms with Gasteiger partial charge in [-0.3, -0.25) is 0 Å². The quantitative estimate of drug-likeness (QED) is 0.463. The van der Waals surface area contributed by atoms with Crippen LogP contribution in [-0.2, 0) is 0 Å². The van der Waals surface area contributed by atoms with Crippen LogP contribution < -0.4 is 0 Å². The van der Waals surface area contributed by atoms with Crippen LogP contribution in [0.5, 0.6) is 0 Å². The van der Waals surface area contributed by atoms with E-state index in [1.165, 1.54) is 12.8 Å². The molecule has 0 spiro atoms. The van der Waals surface area contributed by atoms with Crippen molar-refractivity contribution >= 4 is 15.9 Å². The fourth-order valence-corrected chi connectivity index (χ4v) is 1.15. The Balaban J connectivity index is 2.20. The van der Waals surface area contributed by atoms with Gasteiger partial charge in [-0.15, -0.1) is 0 Å². The van der Waals surface area contributed by atoms with Gasteiger partial charge < -0.3 is 0 Å². The van der Waals surface area contributed by atoms with Crippen molar-refractivity contribution in [1.82, 2.24) is 0 Å². The third-order valence-electron chi connectivity index (χ3n) is 1.52. The molecule has 0 aliphatic heterocycles. The highest BCUT2D eigenvalue weighted by atomic mass is 79.9. The summed E-state index contributed by atoms with van der Waals surface area (Å²) >= 11 is 3.53. The lowest BCUT2D eigenvalue weighted by Crippen LogP contribution is -2.21. The molecule has 0 heterocycles. The van der Waals surface area contributed by atoms with Crippen LogP contribution >= 0.6 is 15.9 Å². The molecule has 0 aromatic rings. The zero-order valence-corrected chi connectivity index (χ0v) is 5.53. The van der Waals surface area contributed by atoms with Crippen molar-refractivity contribution in [1.29, 1.82) is 0 Å². The fourth-order valence-electron chi connectivity index (χ4n) is 0.626. The minimum atomic E-state index is 0.845. The van der Waals surface area contributed by atoms with Gasteiger partial charge in [-0.25, -0.2) is 0 Å². The van der Waals surface area contributed by atoms with Gasteiger partial charge in [0.2, 0.25) is 0 Å². The molecule has 0 N–H and O–H groups in total. The first-order chi connectivity index (χ1) is 2.80. The molecule has 1 aliphatic rings. The maximum Gasteiger partial charge on any atom is 0.0171 e. The number of hydrogen-bond acceptors (Lipinski definition) is 0. The van der Waals surface area contributed by atoms with Crippen LogP contribution in [0, 0.1) is 5.92 Å². The van der Waals surface area contributed by atoms with Crippen LogP contribution in [0.4, 0.5) is 0 Å². The van der Waals surface area contributed by atoms with Gasteiger partial charge in [-0.1, -0.05) is 22.9 Å². The normalized spacial score (nSPS) is 45.0. The van der Waals surface area contributed by atoms with Crippen molar-refractivity contribution in [2.75, 3.05) is 0 Å². The van der Waals surface area contributed by atoms with Crippen molar-refractivity contribution in [2.24, 2.45) is 5.92 Å². The Morgan fingerprint density at radius 1 is 1.50 bits per heavy atom. The van der Waals surface area contributed by atoms with Crippen LogP contribution in [-0.4, -0.2) is 4.83 Å². The molecule has 1 fully saturated rings. The average Bonchev–Trinajstić information content (AvgIpc) is 1.61. The highest BCUT2D eigenvalue weighted by molar-refractivity contribution is 9.09. The Hall–Kier alpha value is 0.480. The van der Waals surface area contributed by atoms with Crippen LogP contribution in [0.3, 0.4) is 0 Å². The second-order valence-electron chi connectivity index (χ2n) is 2.07. The highest BCUT2D eigenvalue weighted by Gasteiger charge is 2.22. The molecule has 2 atom stereocenters. The zero-order valence-electron chi connectivity index (χ0n) is 3.95. The zero-order chi connectivity index (χ0) is 4.57. The maximum atomic E-state index is 3.53. The molecule has 0 radical (unpaired) electrons. The molecule has 6 heavy (non-hydrogen) atoms. The minimum Gasteiger partial charge on any atom is -0.0888 e. The topological polar surface area (TPSA) is 0 Å². The summed E-state index contributed by atoms with van der Waals surface area (Å²) in [6.45, 7) is 2.28. The fraction of sp³-hybridized carbons (Fsp3) is 1.00. The van der Waals surface area contributed by atoms with Crippen molar-refractivity contribution in [3.63, 3.8) is 0 Å². The Morgan fingerprint density at radius 3 is 2.00 bits per heavy atom. The van der Waals surface area contributed by atoms with E-state index in [-0.39, 0.29) is 0 Å². The summed E-state index contributed by atoms with van der Waals surface area (Å²) in [5.74, 6) is 0.949. The Kier molecular flexibility index (Phi) is 1.18. The molecule has 1 saturated carbocycles. The lowest BCUT2D eigenvalue weighted by molar-refractivity contribution is 0.369. The first kappa shape index (κ1) is 4.63. The second kappa shape index (κ2) is 1.53. The Bertz CT molecular complexity index is 43.9. The van der Waals surface area contributed by atoms with E-state index in [1.54, 1.807) is 0 Å². The van der Waals surface area contributed by atoms with Gasteiger partial charge in [0.25, 0.3) is 0 Å². The lowest BCUT2D eigenvalue weighted by Gasteiger charge is -2.27. The average molecular weight is 149 g/mol. The van der Waals surface area contributed by atoms with Crippen LogP contribution in [0.1, 0.15) is 19.8 Å². The third-order valence-corrected chi connectivity index (χ3v) is 2.88. The Labute approximate surface area is 47.1 Å².